The summed E-state index contributed by atoms with van der Waals surface area (Å²) in [5, 5.41) is 5.59. The van der Waals surface area contributed by atoms with Gasteiger partial charge in [0.05, 0.1) is 31.5 Å². The van der Waals surface area contributed by atoms with Crippen LogP contribution in [0.4, 0.5) is 10.2 Å². The van der Waals surface area contributed by atoms with Crippen molar-refractivity contribution in [3.8, 4) is 5.82 Å². The molecule has 1 aromatic carbocycles. The predicted molar refractivity (Wildman–Crippen MR) is 139 cm³/mol. The molecule has 2 aromatic heterocycles. The minimum Gasteiger partial charge on any atom is -0.383 e. The van der Waals surface area contributed by atoms with Crippen LogP contribution in [0.5, 0.6) is 0 Å². The summed E-state index contributed by atoms with van der Waals surface area (Å²) < 4.78 is 28.0. The summed E-state index contributed by atoms with van der Waals surface area (Å²) in [4.78, 5) is 25.3. The van der Waals surface area contributed by atoms with Crippen molar-refractivity contribution < 1.29 is 18.7 Å². The molecule has 2 aliphatic heterocycles. The minimum absolute atomic E-state index is 0.0932. The van der Waals surface area contributed by atoms with Gasteiger partial charge in [0.2, 0.25) is 0 Å². The monoisotopic (exact) mass is 510 g/mol. The quantitative estimate of drug-likeness (QED) is 0.457. The highest BCUT2D eigenvalue weighted by Gasteiger charge is 2.32. The maximum Gasteiger partial charge on any atom is 0.163 e. The molecule has 4 heterocycles. The third-order valence-corrected chi connectivity index (χ3v) is 7.55. The van der Waals surface area contributed by atoms with Crippen LogP contribution in [0, 0.1) is 6.92 Å². The van der Waals surface area contributed by atoms with E-state index in [1.807, 2.05) is 26.1 Å². The molecule has 5 rings (SSSR count). The van der Waals surface area contributed by atoms with Gasteiger partial charge in [-0.1, -0.05) is 6.92 Å². The predicted octanol–water partition coefficient (Wildman–Crippen LogP) is 3.08. The number of carbonyl (C=O) groups excluding carboxylic acids is 1. The van der Waals surface area contributed by atoms with E-state index >= 15 is 4.39 Å². The van der Waals surface area contributed by atoms with Crippen molar-refractivity contribution >= 4 is 22.5 Å². The van der Waals surface area contributed by atoms with Gasteiger partial charge in [-0.2, -0.15) is 5.10 Å². The van der Waals surface area contributed by atoms with E-state index in [9.17, 15) is 4.79 Å². The molecule has 2 fully saturated rings. The Labute approximate surface area is 216 Å². The summed E-state index contributed by atoms with van der Waals surface area (Å²) in [5.41, 5.74) is 2.99. The number of methoxy groups -OCH3 is 1. The zero-order chi connectivity index (χ0) is 25.9. The second-order valence-corrected chi connectivity index (χ2v) is 9.89. The molecule has 0 amide bonds. The molecule has 3 aromatic rings. The number of fused-ring (bicyclic) bond motifs is 1. The SMILES string of the molecule is CCC(=O)[C@H]1CN(c2cc(-n3ncc4cc(C)c(C5CCN(CCOC)CC5F)cc43)ncn2)CCO1. The first-order valence-corrected chi connectivity index (χ1v) is 13.0. The van der Waals surface area contributed by atoms with E-state index in [2.05, 4.69) is 37.0 Å². The number of Topliss-reactive ketones (excluding diaryl/α,β-unsaturated/α-hetero) is 1. The third kappa shape index (κ3) is 5.37. The Balaban J connectivity index is 1.41. The van der Waals surface area contributed by atoms with Crippen LogP contribution < -0.4 is 4.90 Å². The topological polar surface area (TPSA) is 85.6 Å². The Morgan fingerprint density at radius 2 is 2.03 bits per heavy atom. The molecule has 198 valence electrons. The zero-order valence-electron chi connectivity index (χ0n) is 21.8. The second kappa shape index (κ2) is 11.2. The number of morpholine rings is 1. The largest absolute Gasteiger partial charge is 0.383 e. The van der Waals surface area contributed by atoms with E-state index in [1.54, 1.807) is 11.8 Å². The molecule has 3 atom stereocenters. The van der Waals surface area contributed by atoms with Crippen molar-refractivity contribution in [3.05, 3.63) is 41.9 Å². The molecular formula is C27H35FN6O3. The van der Waals surface area contributed by atoms with Crippen molar-refractivity contribution in [2.24, 2.45) is 0 Å². The molecular weight excluding hydrogens is 475 g/mol. The van der Waals surface area contributed by atoms with Gasteiger partial charge in [-0.3, -0.25) is 9.69 Å². The molecule has 0 radical (unpaired) electrons. The fourth-order valence-corrected chi connectivity index (χ4v) is 5.43. The number of piperidine rings is 1. The van der Waals surface area contributed by atoms with Gasteiger partial charge in [0.1, 0.15) is 24.4 Å². The van der Waals surface area contributed by atoms with E-state index in [-0.39, 0.29) is 11.7 Å². The Hall–Kier alpha value is -2.95. The number of aryl methyl sites for hydroxylation is 1. The lowest BCUT2D eigenvalue weighted by molar-refractivity contribution is -0.130. The molecule has 0 bridgehead atoms. The Bertz CT molecular complexity index is 1250. The number of carbonyl (C=O) groups is 1. The van der Waals surface area contributed by atoms with Gasteiger partial charge in [0.25, 0.3) is 0 Å². The number of hydrogen-bond donors (Lipinski definition) is 0. The third-order valence-electron chi connectivity index (χ3n) is 7.55. The summed E-state index contributed by atoms with van der Waals surface area (Å²) >= 11 is 0. The van der Waals surface area contributed by atoms with Gasteiger partial charge in [-0.15, -0.1) is 0 Å². The average Bonchev–Trinajstić information content (AvgIpc) is 3.34. The molecule has 0 aliphatic carbocycles. The molecule has 37 heavy (non-hydrogen) atoms. The van der Waals surface area contributed by atoms with E-state index in [0.29, 0.717) is 45.1 Å². The summed E-state index contributed by atoms with van der Waals surface area (Å²) in [5.74, 6) is 1.29. The summed E-state index contributed by atoms with van der Waals surface area (Å²) in [6.45, 7) is 8.11. The van der Waals surface area contributed by atoms with Crippen molar-refractivity contribution in [2.45, 2.75) is 44.9 Å². The number of hydrogen-bond acceptors (Lipinski definition) is 8. The number of ether oxygens (including phenoxy) is 2. The lowest BCUT2D eigenvalue weighted by Crippen LogP contribution is -2.46. The first kappa shape index (κ1) is 25.7. The average molecular weight is 511 g/mol. The highest BCUT2D eigenvalue weighted by atomic mass is 19.1. The lowest BCUT2D eigenvalue weighted by Gasteiger charge is -2.35. The summed E-state index contributed by atoms with van der Waals surface area (Å²) in [6.07, 6.45) is 3.16. The number of anilines is 1. The number of aromatic nitrogens is 4. The maximum absolute atomic E-state index is 15.3. The first-order valence-electron chi connectivity index (χ1n) is 13.0. The van der Waals surface area contributed by atoms with Gasteiger partial charge < -0.3 is 14.4 Å². The second-order valence-electron chi connectivity index (χ2n) is 9.89. The van der Waals surface area contributed by atoms with E-state index < -0.39 is 12.3 Å². The van der Waals surface area contributed by atoms with Gasteiger partial charge in [0.15, 0.2) is 11.6 Å². The molecule has 2 saturated heterocycles. The molecule has 2 aliphatic rings. The molecule has 0 N–H and O–H groups in total. The van der Waals surface area contributed by atoms with Crippen LogP contribution in [-0.4, -0.2) is 95.8 Å². The van der Waals surface area contributed by atoms with Gasteiger partial charge >= 0.3 is 0 Å². The van der Waals surface area contributed by atoms with E-state index in [1.165, 1.54) is 6.33 Å². The van der Waals surface area contributed by atoms with Crippen LogP contribution in [0.1, 0.15) is 36.8 Å². The van der Waals surface area contributed by atoms with Gasteiger partial charge in [-0.05, 0) is 43.1 Å². The van der Waals surface area contributed by atoms with Crippen LogP contribution >= 0.6 is 0 Å². The number of nitrogens with zero attached hydrogens (tertiary/aromatic N) is 6. The number of benzene rings is 1. The number of halogens is 1. The molecule has 0 spiro atoms. The Morgan fingerprint density at radius 3 is 2.81 bits per heavy atom. The van der Waals surface area contributed by atoms with Crippen molar-refractivity contribution in [2.75, 3.05) is 57.9 Å². The van der Waals surface area contributed by atoms with Gasteiger partial charge in [0, 0.05) is 50.5 Å². The first-order chi connectivity index (χ1) is 18.0. The molecule has 9 nitrogen and oxygen atoms in total. The smallest absolute Gasteiger partial charge is 0.163 e. The molecule has 2 unspecified atom stereocenters. The number of rotatable bonds is 8. The molecule has 10 heteroatoms. The number of likely N-dealkylation sites (tertiary alicyclic amines) is 1. The Morgan fingerprint density at radius 1 is 1.19 bits per heavy atom. The van der Waals surface area contributed by atoms with Crippen LogP contribution in [0.25, 0.3) is 16.7 Å². The van der Waals surface area contributed by atoms with E-state index in [0.717, 1.165) is 47.4 Å². The lowest BCUT2D eigenvalue weighted by atomic mass is 9.85. The standard InChI is InChI=1S/C27H35FN6O3/c1-4-24(35)25-16-33(8-10-37-25)26-13-27(30-17-29-26)34-23-12-21(18(2)11-19(23)14-31-34)20-5-6-32(7-9-36-3)15-22(20)28/h11-14,17,20,22,25H,4-10,15-16H2,1-3H3/t20?,22?,25-/m1/s1. The van der Waals surface area contributed by atoms with Crippen LogP contribution in [0.3, 0.4) is 0 Å². The summed E-state index contributed by atoms with van der Waals surface area (Å²) in [6, 6.07) is 6.05. The van der Waals surface area contributed by atoms with Crippen LogP contribution in [-0.2, 0) is 14.3 Å². The normalized spacial score (nSPS) is 23.0. The van der Waals surface area contributed by atoms with Crippen LogP contribution in [0.2, 0.25) is 0 Å². The Kier molecular flexibility index (Phi) is 7.78. The highest BCUT2D eigenvalue weighted by Crippen LogP contribution is 2.35. The van der Waals surface area contributed by atoms with Gasteiger partial charge in [-0.25, -0.2) is 19.0 Å². The number of alkyl halides is 1. The zero-order valence-corrected chi connectivity index (χ0v) is 21.8. The number of ketones is 1. The van der Waals surface area contributed by atoms with Crippen molar-refractivity contribution in [3.63, 3.8) is 0 Å². The van der Waals surface area contributed by atoms with Crippen molar-refractivity contribution in [1.29, 1.82) is 0 Å². The summed E-state index contributed by atoms with van der Waals surface area (Å²) in [7, 11) is 1.67. The fourth-order valence-electron chi connectivity index (χ4n) is 5.43. The fraction of sp³-hybridized carbons (Fsp3) is 0.556. The van der Waals surface area contributed by atoms with Crippen molar-refractivity contribution in [1.82, 2.24) is 24.6 Å². The van der Waals surface area contributed by atoms with Crippen LogP contribution in [0.15, 0.2) is 30.7 Å². The molecule has 0 saturated carbocycles. The highest BCUT2D eigenvalue weighted by molar-refractivity contribution is 5.84. The maximum atomic E-state index is 15.3. The van der Waals surface area contributed by atoms with E-state index in [4.69, 9.17) is 9.47 Å². The minimum atomic E-state index is -0.941.